The molecule has 2 heterocycles. The fraction of sp³-hybridized carbons (Fsp3) is 0.500. The zero-order chi connectivity index (χ0) is 10.7. The molecule has 1 aliphatic heterocycles. The maximum Gasteiger partial charge on any atom is 0.255 e. The van der Waals surface area contributed by atoms with Crippen LogP contribution in [0, 0.1) is 5.92 Å². The number of halogens is 1. The van der Waals surface area contributed by atoms with Crippen molar-refractivity contribution in [3.8, 4) is 0 Å². The summed E-state index contributed by atoms with van der Waals surface area (Å²) in [7, 11) is 0. The number of nitrogens with zero attached hydrogens (tertiary/aromatic N) is 2. The zero-order valence-electron chi connectivity index (χ0n) is 9.43. The SMILES string of the molecule is CC1CCN(C(=O)c2cccnc2)CC1.Cl. The first-order chi connectivity index (χ1) is 7.27. The molecule has 1 aliphatic rings. The molecule has 3 nitrogen and oxygen atoms in total. The van der Waals surface area contributed by atoms with Crippen LogP contribution in [0.25, 0.3) is 0 Å². The number of rotatable bonds is 1. The van der Waals surface area contributed by atoms with E-state index in [1.54, 1.807) is 18.5 Å². The van der Waals surface area contributed by atoms with Crippen molar-refractivity contribution in [2.75, 3.05) is 13.1 Å². The number of hydrogen-bond acceptors (Lipinski definition) is 2. The van der Waals surface area contributed by atoms with Gasteiger partial charge in [0.05, 0.1) is 5.56 Å². The molecule has 0 aliphatic carbocycles. The maximum absolute atomic E-state index is 12.0. The molecule has 1 amide bonds. The normalized spacial score (nSPS) is 16.7. The van der Waals surface area contributed by atoms with Crippen LogP contribution in [-0.2, 0) is 0 Å². The molecule has 1 aromatic rings. The van der Waals surface area contributed by atoms with Gasteiger partial charge in [0, 0.05) is 25.5 Å². The number of hydrogen-bond donors (Lipinski definition) is 0. The molecule has 16 heavy (non-hydrogen) atoms. The van der Waals surface area contributed by atoms with Crippen LogP contribution in [-0.4, -0.2) is 28.9 Å². The van der Waals surface area contributed by atoms with E-state index in [1.165, 1.54) is 0 Å². The summed E-state index contributed by atoms with van der Waals surface area (Å²) in [6.45, 7) is 4.01. The Morgan fingerprint density at radius 1 is 1.44 bits per heavy atom. The van der Waals surface area contributed by atoms with Gasteiger partial charge in [0.1, 0.15) is 0 Å². The average Bonchev–Trinajstić information content (AvgIpc) is 2.30. The third-order valence-corrected chi connectivity index (χ3v) is 2.98. The molecule has 0 unspecified atom stereocenters. The van der Waals surface area contributed by atoms with Gasteiger partial charge in [-0.1, -0.05) is 6.92 Å². The summed E-state index contributed by atoms with van der Waals surface area (Å²) in [4.78, 5) is 17.9. The monoisotopic (exact) mass is 240 g/mol. The Bertz CT molecular complexity index is 334. The van der Waals surface area contributed by atoms with Gasteiger partial charge in [0.2, 0.25) is 0 Å². The smallest absolute Gasteiger partial charge is 0.255 e. The lowest BCUT2D eigenvalue weighted by atomic mass is 9.99. The van der Waals surface area contributed by atoms with E-state index in [0.29, 0.717) is 5.56 Å². The molecule has 1 saturated heterocycles. The van der Waals surface area contributed by atoms with Crippen LogP contribution in [0.1, 0.15) is 30.1 Å². The van der Waals surface area contributed by atoms with Gasteiger partial charge in [-0.25, -0.2) is 0 Å². The van der Waals surface area contributed by atoms with Crippen LogP contribution in [0.5, 0.6) is 0 Å². The summed E-state index contributed by atoms with van der Waals surface area (Å²) in [6, 6.07) is 3.63. The third-order valence-electron chi connectivity index (χ3n) is 2.98. The Balaban J connectivity index is 0.00000128. The van der Waals surface area contributed by atoms with E-state index in [2.05, 4.69) is 11.9 Å². The molecule has 1 aromatic heterocycles. The molecule has 0 saturated carbocycles. The molecule has 0 radical (unpaired) electrons. The van der Waals surface area contributed by atoms with Crippen LogP contribution < -0.4 is 0 Å². The van der Waals surface area contributed by atoms with Crippen LogP contribution in [0.2, 0.25) is 0 Å². The van der Waals surface area contributed by atoms with Crippen LogP contribution >= 0.6 is 12.4 Å². The van der Waals surface area contributed by atoms with Crippen molar-refractivity contribution in [2.45, 2.75) is 19.8 Å². The van der Waals surface area contributed by atoms with Gasteiger partial charge in [-0.05, 0) is 30.9 Å². The van der Waals surface area contributed by atoms with E-state index in [1.807, 2.05) is 11.0 Å². The van der Waals surface area contributed by atoms with Crippen molar-refractivity contribution < 1.29 is 4.79 Å². The van der Waals surface area contributed by atoms with Crippen LogP contribution in [0.4, 0.5) is 0 Å². The highest BCUT2D eigenvalue weighted by Crippen LogP contribution is 2.17. The summed E-state index contributed by atoms with van der Waals surface area (Å²) < 4.78 is 0. The maximum atomic E-state index is 12.0. The van der Waals surface area contributed by atoms with E-state index in [4.69, 9.17) is 0 Å². The largest absolute Gasteiger partial charge is 0.339 e. The van der Waals surface area contributed by atoms with Crippen molar-refractivity contribution in [1.82, 2.24) is 9.88 Å². The minimum absolute atomic E-state index is 0. The number of pyridine rings is 1. The van der Waals surface area contributed by atoms with Gasteiger partial charge in [-0.15, -0.1) is 12.4 Å². The molecule has 0 spiro atoms. The van der Waals surface area contributed by atoms with Gasteiger partial charge in [0.15, 0.2) is 0 Å². The van der Waals surface area contributed by atoms with Crippen LogP contribution in [0.15, 0.2) is 24.5 Å². The van der Waals surface area contributed by atoms with Crippen molar-refractivity contribution in [3.05, 3.63) is 30.1 Å². The second kappa shape index (κ2) is 5.85. The first kappa shape index (κ1) is 13.0. The highest BCUT2D eigenvalue weighted by molar-refractivity contribution is 5.93. The predicted octanol–water partition coefficient (Wildman–Crippen LogP) is 2.38. The average molecular weight is 241 g/mol. The Kier molecular flexibility index (Phi) is 4.74. The molecular formula is C12H17ClN2O. The lowest BCUT2D eigenvalue weighted by molar-refractivity contribution is 0.0697. The molecule has 4 heteroatoms. The first-order valence-corrected chi connectivity index (χ1v) is 5.46. The number of aromatic nitrogens is 1. The lowest BCUT2D eigenvalue weighted by Crippen LogP contribution is -2.37. The van der Waals surface area contributed by atoms with Crippen molar-refractivity contribution >= 4 is 18.3 Å². The topological polar surface area (TPSA) is 33.2 Å². The van der Waals surface area contributed by atoms with Gasteiger partial charge in [-0.2, -0.15) is 0 Å². The van der Waals surface area contributed by atoms with Gasteiger partial charge in [-0.3, -0.25) is 9.78 Å². The summed E-state index contributed by atoms with van der Waals surface area (Å²) in [5.41, 5.74) is 0.701. The number of likely N-dealkylation sites (tertiary alicyclic amines) is 1. The second-order valence-corrected chi connectivity index (χ2v) is 4.22. The molecule has 0 bridgehead atoms. The van der Waals surface area contributed by atoms with Crippen molar-refractivity contribution in [3.63, 3.8) is 0 Å². The molecule has 1 fully saturated rings. The fourth-order valence-corrected chi connectivity index (χ4v) is 1.88. The second-order valence-electron chi connectivity index (χ2n) is 4.22. The van der Waals surface area contributed by atoms with Crippen molar-refractivity contribution in [2.24, 2.45) is 5.92 Å². The fourth-order valence-electron chi connectivity index (χ4n) is 1.88. The Hall–Kier alpha value is -1.09. The van der Waals surface area contributed by atoms with Gasteiger partial charge >= 0.3 is 0 Å². The van der Waals surface area contributed by atoms with Crippen LogP contribution in [0.3, 0.4) is 0 Å². The van der Waals surface area contributed by atoms with E-state index >= 15 is 0 Å². The Morgan fingerprint density at radius 3 is 2.69 bits per heavy atom. The van der Waals surface area contributed by atoms with E-state index in [0.717, 1.165) is 31.8 Å². The quantitative estimate of drug-likeness (QED) is 0.755. The molecule has 0 aromatic carbocycles. The van der Waals surface area contributed by atoms with E-state index in [-0.39, 0.29) is 18.3 Å². The number of carbonyl (C=O) groups excluding carboxylic acids is 1. The number of piperidine rings is 1. The Morgan fingerprint density at radius 2 is 2.12 bits per heavy atom. The molecule has 88 valence electrons. The Labute approximate surface area is 102 Å². The van der Waals surface area contributed by atoms with Gasteiger partial charge in [0.25, 0.3) is 5.91 Å². The number of carbonyl (C=O) groups is 1. The molecule has 0 atom stereocenters. The van der Waals surface area contributed by atoms with Crippen molar-refractivity contribution in [1.29, 1.82) is 0 Å². The van der Waals surface area contributed by atoms with E-state index < -0.39 is 0 Å². The van der Waals surface area contributed by atoms with Gasteiger partial charge < -0.3 is 4.90 Å². The summed E-state index contributed by atoms with van der Waals surface area (Å²) in [6.07, 6.45) is 5.56. The first-order valence-electron chi connectivity index (χ1n) is 5.46. The zero-order valence-corrected chi connectivity index (χ0v) is 10.2. The predicted molar refractivity (Wildman–Crippen MR) is 65.8 cm³/mol. The highest BCUT2D eigenvalue weighted by atomic mass is 35.5. The van der Waals surface area contributed by atoms with E-state index in [9.17, 15) is 4.79 Å². The molecule has 2 rings (SSSR count). The summed E-state index contributed by atoms with van der Waals surface area (Å²) >= 11 is 0. The minimum Gasteiger partial charge on any atom is -0.339 e. The highest BCUT2D eigenvalue weighted by Gasteiger charge is 2.21. The summed E-state index contributed by atoms with van der Waals surface area (Å²) in [5.74, 6) is 0.873. The molecule has 0 N–H and O–H groups in total. The summed E-state index contributed by atoms with van der Waals surface area (Å²) in [5, 5.41) is 0. The lowest BCUT2D eigenvalue weighted by Gasteiger charge is -2.30. The molecular weight excluding hydrogens is 224 g/mol. The third kappa shape index (κ3) is 2.95. The minimum atomic E-state index is 0. The standard InChI is InChI=1S/C12H16N2O.ClH/c1-10-4-7-14(8-5-10)12(15)11-3-2-6-13-9-11;/h2-3,6,9-10H,4-5,7-8H2,1H3;1H. The number of amides is 1.